The number of fused-ring (bicyclic) bond motifs is 1. The monoisotopic (exact) mass is 417 g/mol. The van der Waals surface area contributed by atoms with Crippen molar-refractivity contribution in [2.45, 2.75) is 37.8 Å². The standard InChI is InChI=1S/C23H27N7O/c1-2-8-24-19(4-1)20-14-30(28-26-20)21-10-17-12-29(23-5-3-9-25-27-23)13-18(17)11-22(21)31-15-16-6-7-16/h1-5,8-9,14,16-18,21-22H,6-7,10-13,15H2/t17-,18+,21-,22-/m1/s1. The van der Waals surface area contributed by atoms with E-state index in [1.807, 2.05) is 35.1 Å². The van der Waals surface area contributed by atoms with Crippen molar-refractivity contribution in [3.63, 3.8) is 0 Å². The molecule has 1 saturated heterocycles. The van der Waals surface area contributed by atoms with Crippen molar-refractivity contribution < 1.29 is 4.74 Å². The van der Waals surface area contributed by atoms with Crippen LogP contribution >= 0.6 is 0 Å². The van der Waals surface area contributed by atoms with Gasteiger partial charge in [0.2, 0.25) is 0 Å². The molecule has 8 nitrogen and oxygen atoms in total. The number of nitrogens with zero attached hydrogens (tertiary/aromatic N) is 7. The van der Waals surface area contributed by atoms with E-state index in [0.29, 0.717) is 11.8 Å². The van der Waals surface area contributed by atoms with Crippen LogP contribution in [0.25, 0.3) is 11.4 Å². The molecule has 2 aliphatic carbocycles. The van der Waals surface area contributed by atoms with Gasteiger partial charge in [-0.15, -0.1) is 10.2 Å². The maximum absolute atomic E-state index is 6.49. The first-order chi connectivity index (χ1) is 15.3. The van der Waals surface area contributed by atoms with E-state index in [9.17, 15) is 0 Å². The van der Waals surface area contributed by atoms with Crippen LogP contribution in [0.4, 0.5) is 5.82 Å². The fourth-order valence-electron chi connectivity index (χ4n) is 5.11. The molecule has 3 aromatic rings. The molecule has 0 N–H and O–H groups in total. The molecule has 0 spiro atoms. The van der Waals surface area contributed by atoms with Gasteiger partial charge in [-0.2, -0.15) is 5.10 Å². The SMILES string of the molecule is c1ccc(-c2cn([C@@H]3C[C@@H]4CN(c5cccnn5)C[C@@H]4C[C@H]3OCC3CC3)nn2)nc1. The van der Waals surface area contributed by atoms with E-state index in [4.69, 9.17) is 4.74 Å². The lowest BCUT2D eigenvalue weighted by molar-refractivity contribution is -0.0375. The van der Waals surface area contributed by atoms with Crippen LogP contribution in [0.3, 0.4) is 0 Å². The molecule has 0 aromatic carbocycles. The molecule has 3 fully saturated rings. The van der Waals surface area contributed by atoms with Gasteiger partial charge in [-0.05, 0) is 67.7 Å². The van der Waals surface area contributed by atoms with Gasteiger partial charge < -0.3 is 9.64 Å². The zero-order valence-corrected chi connectivity index (χ0v) is 17.5. The van der Waals surface area contributed by atoms with Gasteiger partial charge in [0.05, 0.1) is 24.0 Å². The van der Waals surface area contributed by atoms with Crippen LogP contribution in [0.1, 0.15) is 31.7 Å². The highest BCUT2D eigenvalue weighted by Crippen LogP contribution is 2.44. The molecular formula is C23H27N7O. The summed E-state index contributed by atoms with van der Waals surface area (Å²) in [5.74, 6) is 2.93. The van der Waals surface area contributed by atoms with Crippen molar-refractivity contribution in [3.8, 4) is 11.4 Å². The van der Waals surface area contributed by atoms with Gasteiger partial charge in [0.1, 0.15) is 5.69 Å². The van der Waals surface area contributed by atoms with Gasteiger partial charge in [-0.25, -0.2) is 4.68 Å². The fourth-order valence-corrected chi connectivity index (χ4v) is 5.11. The summed E-state index contributed by atoms with van der Waals surface area (Å²) in [4.78, 5) is 6.80. The molecule has 0 amide bonds. The second-order valence-electron chi connectivity index (χ2n) is 9.16. The molecule has 1 aliphatic heterocycles. The number of anilines is 1. The quantitative estimate of drug-likeness (QED) is 0.610. The summed E-state index contributed by atoms with van der Waals surface area (Å²) < 4.78 is 8.52. The third-order valence-electron chi connectivity index (χ3n) is 6.99. The normalized spacial score (nSPS) is 27.9. The van der Waals surface area contributed by atoms with Gasteiger partial charge in [0.25, 0.3) is 0 Å². The minimum atomic E-state index is 0.168. The Morgan fingerprint density at radius 2 is 1.84 bits per heavy atom. The highest BCUT2D eigenvalue weighted by atomic mass is 16.5. The summed E-state index contributed by atoms with van der Waals surface area (Å²) in [6.45, 7) is 2.90. The molecule has 160 valence electrons. The van der Waals surface area contributed by atoms with Gasteiger partial charge in [-0.1, -0.05) is 11.3 Å². The Labute approximate surface area is 181 Å². The van der Waals surface area contributed by atoms with Gasteiger partial charge in [0.15, 0.2) is 5.82 Å². The Bertz CT molecular complexity index is 1010. The summed E-state index contributed by atoms with van der Waals surface area (Å²) >= 11 is 0. The van der Waals surface area contributed by atoms with Gasteiger partial charge >= 0.3 is 0 Å². The van der Waals surface area contributed by atoms with E-state index >= 15 is 0 Å². The second-order valence-corrected chi connectivity index (χ2v) is 9.16. The number of hydrogen-bond acceptors (Lipinski definition) is 7. The van der Waals surface area contributed by atoms with Crippen molar-refractivity contribution >= 4 is 5.82 Å². The molecule has 2 saturated carbocycles. The van der Waals surface area contributed by atoms with Crippen molar-refractivity contribution in [2.75, 3.05) is 24.6 Å². The van der Waals surface area contributed by atoms with Crippen molar-refractivity contribution in [3.05, 3.63) is 48.9 Å². The van der Waals surface area contributed by atoms with E-state index in [0.717, 1.165) is 55.7 Å². The average molecular weight is 418 g/mol. The lowest BCUT2D eigenvalue weighted by atomic mass is 9.77. The lowest BCUT2D eigenvalue weighted by Gasteiger charge is -2.37. The van der Waals surface area contributed by atoms with E-state index in [-0.39, 0.29) is 12.1 Å². The average Bonchev–Trinajstić information content (AvgIpc) is 3.36. The predicted octanol–water partition coefficient (Wildman–Crippen LogP) is 3.01. The minimum absolute atomic E-state index is 0.168. The topological polar surface area (TPSA) is 81.9 Å². The van der Waals surface area contributed by atoms with Crippen LogP contribution in [0, 0.1) is 17.8 Å². The number of aromatic nitrogens is 6. The summed E-state index contributed by atoms with van der Waals surface area (Å²) in [6.07, 6.45) is 10.4. The van der Waals surface area contributed by atoms with Gasteiger partial charge in [0, 0.05) is 32.1 Å². The van der Waals surface area contributed by atoms with Crippen LogP contribution in [-0.2, 0) is 4.74 Å². The molecular weight excluding hydrogens is 390 g/mol. The third-order valence-corrected chi connectivity index (χ3v) is 6.99. The Morgan fingerprint density at radius 1 is 0.935 bits per heavy atom. The Morgan fingerprint density at radius 3 is 2.61 bits per heavy atom. The largest absolute Gasteiger partial charge is 0.376 e. The van der Waals surface area contributed by atoms with E-state index in [1.54, 1.807) is 12.4 Å². The van der Waals surface area contributed by atoms with E-state index in [2.05, 4.69) is 36.5 Å². The first-order valence-corrected chi connectivity index (χ1v) is 11.3. The smallest absolute Gasteiger partial charge is 0.151 e. The van der Waals surface area contributed by atoms with Gasteiger partial charge in [-0.3, -0.25) is 4.98 Å². The zero-order chi connectivity index (χ0) is 20.6. The first-order valence-electron chi connectivity index (χ1n) is 11.3. The Kier molecular flexibility index (Phi) is 4.87. The van der Waals surface area contributed by atoms with Crippen LogP contribution in [-0.4, -0.2) is 56.0 Å². The molecule has 0 bridgehead atoms. The molecule has 8 heteroatoms. The molecule has 6 rings (SSSR count). The maximum Gasteiger partial charge on any atom is 0.151 e. The highest BCUT2D eigenvalue weighted by molar-refractivity contribution is 5.51. The fraction of sp³-hybridized carbons (Fsp3) is 0.522. The number of hydrogen-bond donors (Lipinski definition) is 0. The summed E-state index contributed by atoms with van der Waals surface area (Å²) in [5.41, 5.74) is 1.67. The molecule has 3 aromatic heterocycles. The van der Waals surface area contributed by atoms with Crippen LogP contribution in [0.15, 0.2) is 48.9 Å². The molecule has 31 heavy (non-hydrogen) atoms. The predicted molar refractivity (Wildman–Crippen MR) is 115 cm³/mol. The second kappa shape index (κ2) is 8.00. The first kappa shape index (κ1) is 18.9. The third kappa shape index (κ3) is 3.92. The number of pyridine rings is 1. The maximum atomic E-state index is 6.49. The van der Waals surface area contributed by atoms with E-state index in [1.165, 1.54) is 12.8 Å². The number of rotatable bonds is 6. The Balaban J connectivity index is 1.23. The van der Waals surface area contributed by atoms with Crippen molar-refractivity contribution in [1.82, 2.24) is 30.2 Å². The number of ether oxygens (including phenoxy) is 1. The summed E-state index contributed by atoms with van der Waals surface area (Å²) in [6, 6.07) is 10.1. The summed E-state index contributed by atoms with van der Waals surface area (Å²) in [7, 11) is 0. The highest BCUT2D eigenvalue weighted by Gasteiger charge is 2.44. The van der Waals surface area contributed by atoms with E-state index < -0.39 is 0 Å². The van der Waals surface area contributed by atoms with Crippen LogP contribution in [0.2, 0.25) is 0 Å². The van der Waals surface area contributed by atoms with Crippen molar-refractivity contribution in [2.24, 2.45) is 17.8 Å². The van der Waals surface area contributed by atoms with Crippen LogP contribution in [0.5, 0.6) is 0 Å². The summed E-state index contributed by atoms with van der Waals surface area (Å²) in [5, 5.41) is 17.3. The van der Waals surface area contributed by atoms with Crippen LogP contribution < -0.4 is 4.90 Å². The lowest BCUT2D eigenvalue weighted by Crippen LogP contribution is -2.38. The molecule has 4 atom stereocenters. The molecule has 3 aliphatic rings. The molecule has 0 radical (unpaired) electrons. The van der Waals surface area contributed by atoms with Crippen molar-refractivity contribution in [1.29, 1.82) is 0 Å². The minimum Gasteiger partial charge on any atom is -0.376 e. The zero-order valence-electron chi connectivity index (χ0n) is 17.5. The molecule has 0 unspecified atom stereocenters. The Hall–Kier alpha value is -2.87. The molecule has 4 heterocycles.